The van der Waals surface area contributed by atoms with Gasteiger partial charge in [0.05, 0.1) is 0 Å². The van der Waals surface area contributed by atoms with Gasteiger partial charge in [-0.15, -0.1) is 0 Å². The Hall–Kier alpha value is -0.215. The van der Waals surface area contributed by atoms with Crippen molar-refractivity contribution in [1.29, 1.82) is 5.26 Å². The van der Waals surface area contributed by atoms with Crippen molar-refractivity contribution >= 4 is 20.0 Å². The van der Waals surface area contributed by atoms with Gasteiger partial charge in [0.25, 0.3) is 0 Å². The van der Waals surface area contributed by atoms with Crippen LogP contribution < -0.4 is 0 Å². The molecule has 0 bridgehead atoms. The van der Waals surface area contributed by atoms with Crippen LogP contribution in [0, 0.1) is 10.7 Å². The normalized spacial score (nSPS) is 5.00. The molecule has 0 saturated heterocycles. The molecule has 0 radical (unpaired) electrons. The SMILES string of the molecule is N#CS.OB(O)O. The molecule has 0 aliphatic rings. The van der Waals surface area contributed by atoms with Gasteiger partial charge in [-0.25, -0.2) is 0 Å². The zero-order chi connectivity index (χ0) is 6.28. The summed E-state index contributed by atoms with van der Waals surface area (Å²) in [5, 5.41) is 30.1. The minimum absolute atomic E-state index is 1.44. The summed E-state index contributed by atoms with van der Waals surface area (Å²) in [5.41, 5.74) is 0. The van der Waals surface area contributed by atoms with Crippen molar-refractivity contribution in [2.45, 2.75) is 0 Å². The summed E-state index contributed by atoms with van der Waals surface area (Å²) in [6.07, 6.45) is 0. The van der Waals surface area contributed by atoms with E-state index in [-0.39, 0.29) is 0 Å². The second-order valence-corrected chi connectivity index (χ2v) is 0.646. The number of nitrogens with zero attached hydrogens (tertiary/aromatic N) is 1. The van der Waals surface area contributed by atoms with Crippen LogP contribution in [0.3, 0.4) is 0 Å². The number of nitriles is 1. The molecule has 3 N–H and O–H groups in total. The zero-order valence-corrected chi connectivity index (χ0v) is 4.21. The third-order valence-electron chi connectivity index (χ3n) is 0. The predicted octanol–water partition coefficient (Wildman–Crippen LogP) is -1.65. The summed E-state index contributed by atoms with van der Waals surface area (Å²) < 4.78 is 0. The molecule has 0 atom stereocenters. The van der Waals surface area contributed by atoms with Gasteiger partial charge < -0.3 is 15.1 Å². The highest BCUT2D eigenvalue weighted by Crippen LogP contribution is 1.46. The Balaban J connectivity index is 0. The van der Waals surface area contributed by atoms with E-state index in [9.17, 15) is 0 Å². The van der Waals surface area contributed by atoms with Gasteiger partial charge in [-0.05, 0) is 0 Å². The first-order chi connectivity index (χ1) is 3.15. The van der Waals surface area contributed by atoms with Crippen molar-refractivity contribution in [3.8, 4) is 5.40 Å². The summed E-state index contributed by atoms with van der Waals surface area (Å²) in [5.74, 6) is 0. The molecular formula is CH4BNO3S. The number of hydrogen-bond donors (Lipinski definition) is 4. The van der Waals surface area contributed by atoms with E-state index < -0.39 is 7.32 Å². The summed E-state index contributed by atoms with van der Waals surface area (Å²) in [6, 6.07) is 0. The topological polar surface area (TPSA) is 84.5 Å². The maximum atomic E-state index is 7.18. The van der Waals surface area contributed by atoms with Crippen LogP contribution in [-0.2, 0) is 0 Å². The lowest BCUT2D eigenvalue weighted by molar-refractivity contribution is 0.278. The molecule has 0 amide bonds. The van der Waals surface area contributed by atoms with E-state index in [4.69, 9.17) is 20.3 Å². The van der Waals surface area contributed by atoms with Crippen LogP contribution in [0.2, 0.25) is 0 Å². The Bertz CT molecular complexity index is 57.7. The predicted molar refractivity (Wildman–Crippen MR) is 27.0 cm³/mol. The fraction of sp³-hybridized carbons (Fsp3) is 0. The van der Waals surface area contributed by atoms with Gasteiger partial charge in [0.1, 0.15) is 5.40 Å². The number of thiocyanates is 1. The van der Waals surface area contributed by atoms with Crippen molar-refractivity contribution in [2.75, 3.05) is 0 Å². The summed E-state index contributed by atoms with van der Waals surface area (Å²) in [7, 11) is -2.17. The van der Waals surface area contributed by atoms with Gasteiger partial charge >= 0.3 is 7.32 Å². The van der Waals surface area contributed by atoms with Gasteiger partial charge in [0.2, 0.25) is 0 Å². The Morgan fingerprint density at radius 3 is 1.43 bits per heavy atom. The second-order valence-electron chi connectivity index (χ2n) is 0.446. The van der Waals surface area contributed by atoms with Crippen LogP contribution in [0.1, 0.15) is 0 Å². The Morgan fingerprint density at radius 1 is 1.43 bits per heavy atom. The van der Waals surface area contributed by atoms with E-state index in [2.05, 4.69) is 12.6 Å². The largest absolute Gasteiger partial charge is 0.631 e. The minimum atomic E-state index is -2.17. The molecule has 0 unspecified atom stereocenters. The first-order valence-corrected chi connectivity index (χ1v) is 1.67. The average molecular weight is 121 g/mol. The van der Waals surface area contributed by atoms with Crippen molar-refractivity contribution in [3.63, 3.8) is 0 Å². The minimum Gasteiger partial charge on any atom is -0.402 e. The molecule has 0 rings (SSSR count). The van der Waals surface area contributed by atoms with E-state index in [1.807, 2.05) is 0 Å². The van der Waals surface area contributed by atoms with Crippen LogP contribution in [0.4, 0.5) is 0 Å². The van der Waals surface area contributed by atoms with E-state index >= 15 is 0 Å². The lowest BCUT2D eigenvalue weighted by atomic mass is 10.3. The molecule has 0 aromatic carbocycles. The zero-order valence-electron chi connectivity index (χ0n) is 3.31. The molecule has 0 fully saturated rings. The average Bonchev–Trinajstić information content (AvgIpc) is 1.33. The highest BCUT2D eigenvalue weighted by Gasteiger charge is 1.92. The van der Waals surface area contributed by atoms with E-state index in [1.54, 1.807) is 0 Å². The van der Waals surface area contributed by atoms with Crippen molar-refractivity contribution in [3.05, 3.63) is 0 Å². The molecule has 6 heteroatoms. The summed E-state index contributed by atoms with van der Waals surface area (Å²) in [4.78, 5) is 0. The Kier molecular flexibility index (Phi) is 13.1. The standard InChI is InChI=1S/CHNS.BH3O3/c2-1-3;2-1(3)4/h3H;2-4H. The molecule has 4 nitrogen and oxygen atoms in total. The summed E-state index contributed by atoms with van der Waals surface area (Å²) in [6.45, 7) is 0. The highest BCUT2D eigenvalue weighted by molar-refractivity contribution is 7.85. The first-order valence-electron chi connectivity index (χ1n) is 1.22. The third-order valence-corrected chi connectivity index (χ3v) is 0. The molecule has 7 heavy (non-hydrogen) atoms. The van der Waals surface area contributed by atoms with Crippen LogP contribution in [-0.4, -0.2) is 22.4 Å². The number of rotatable bonds is 0. The molecule has 0 aromatic rings. The van der Waals surface area contributed by atoms with E-state index in [0.29, 0.717) is 0 Å². The fourth-order valence-electron chi connectivity index (χ4n) is 0. The molecule has 40 valence electrons. The first kappa shape index (κ1) is 9.92. The molecule has 0 aromatic heterocycles. The Labute approximate surface area is 46.6 Å². The van der Waals surface area contributed by atoms with Crippen LogP contribution in [0.5, 0.6) is 0 Å². The molecule has 0 saturated carbocycles. The van der Waals surface area contributed by atoms with E-state index in [0.717, 1.165) is 0 Å². The second kappa shape index (κ2) is 9.25. The van der Waals surface area contributed by atoms with Crippen LogP contribution in [0.25, 0.3) is 0 Å². The smallest absolute Gasteiger partial charge is 0.402 e. The van der Waals surface area contributed by atoms with Crippen LogP contribution >= 0.6 is 12.6 Å². The maximum Gasteiger partial charge on any atom is 0.631 e. The van der Waals surface area contributed by atoms with Crippen LogP contribution in [0.15, 0.2) is 0 Å². The fourth-order valence-corrected chi connectivity index (χ4v) is 0. The molecule has 0 heterocycles. The summed E-state index contributed by atoms with van der Waals surface area (Å²) >= 11 is 3.09. The van der Waals surface area contributed by atoms with Crippen molar-refractivity contribution in [2.24, 2.45) is 0 Å². The van der Waals surface area contributed by atoms with E-state index in [1.165, 1.54) is 5.40 Å². The molecule has 0 aliphatic carbocycles. The maximum absolute atomic E-state index is 7.18. The number of thiol groups is 1. The van der Waals surface area contributed by atoms with Crippen molar-refractivity contribution < 1.29 is 15.1 Å². The van der Waals surface area contributed by atoms with Gasteiger partial charge in [0, 0.05) is 0 Å². The molecule has 0 aliphatic heterocycles. The Morgan fingerprint density at radius 2 is 1.43 bits per heavy atom. The lowest BCUT2D eigenvalue weighted by Gasteiger charge is -1.69. The lowest BCUT2D eigenvalue weighted by Crippen LogP contribution is -2.07. The highest BCUT2D eigenvalue weighted by atomic mass is 32.1. The molecule has 0 spiro atoms. The van der Waals surface area contributed by atoms with Gasteiger partial charge in [0.15, 0.2) is 0 Å². The number of hydrogen-bond acceptors (Lipinski definition) is 5. The van der Waals surface area contributed by atoms with Gasteiger partial charge in [-0.2, -0.15) is 5.26 Å². The third kappa shape index (κ3) is 1790. The quantitative estimate of drug-likeness (QED) is 0.175. The molecular weight excluding hydrogens is 117 g/mol. The van der Waals surface area contributed by atoms with Gasteiger partial charge in [-0.3, -0.25) is 0 Å². The monoisotopic (exact) mass is 121 g/mol. The van der Waals surface area contributed by atoms with Crippen molar-refractivity contribution in [1.82, 2.24) is 0 Å². The van der Waals surface area contributed by atoms with Gasteiger partial charge in [-0.1, -0.05) is 12.6 Å².